The monoisotopic (exact) mass is 487 g/mol. The predicted octanol–water partition coefficient (Wildman–Crippen LogP) is 4.74. The molecule has 0 aromatic heterocycles. The number of hydrogen-bond acceptors (Lipinski definition) is 1. The minimum Gasteiger partial charge on any atom is -0.347 e. The van der Waals surface area contributed by atoms with Crippen LogP contribution in [0.25, 0.3) is 0 Å². The molecule has 5 heteroatoms. The zero-order valence-electron chi connectivity index (χ0n) is 10.4. The molecule has 1 rings (SSSR count). The molecule has 0 saturated carbocycles. The highest BCUT2D eigenvalue weighted by molar-refractivity contribution is 14.1. The van der Waals surface area contributed by atoms with Crippen molar-refractivity contribution in [2.45, 2.75) is 32.2 Å². The fraction of sp³-hybridized carbons (Fsp3) is 0.462. The van der Waals surface area contributed by atoms with Crippen LogP contribution in [0.4, 0.5) is 0 Å². The van der Waals surface area contributed by atoms with E-state index in [1.807, 2.05) is 18.2 Å². The van der Waals surface area contributed by atoms with Crippen molar-refractivity contribution in [2.24, 2.45) is 0 Å². The van der Waals surface area contributed by atoms with Crippen molar-refractivity contribution in [1.29, 1.82) is 0 Å². The molecule has 0 spiro atoms. The van der Waals surface area contributed by atoms with E-state index in [1.165, 1.54) is 0 Å². The lowest BCUT2D eigenvalue weighted by Gasteiger charge is -2.29. The van der Waals surface area contributed by atoms with Gasteiger partial charge in [-0.25, -0.2) is 0 Å². The minimum atomic E-state index is -0.161. The van der Waals surface area contributed by atoms with E-state index >= 15 is 0 Å². The first-order valence-electron chi connectivity index (χ1n) is 5.75. The van der Waals surface area contributed by atoms with Crippen LogP contribution in [0.2, 0.25) is 0 Å². The van der Waals surface area contributed by atoms with Gasteiger partial charge in [0.15, 0.2) is 0 Å². The molecule has 1 N–H and O–H groups in total. The molecule has 2 nitrogen and oxygen atoms in total. The number of amides is 1. The molecule has 0 aliphatic rings. The number of alkyl halides is 1. The van der Waals surface area contributed by atoms with Crippen LogP contribution >= 0.6 is 54.5 Å². The van der Waals surface area contributed by atoms with Crippen molar-refractivity contribution in [3.63, 3.8) is 0 Å². The summed E-state index contributed by atoms with van der Waals surface area (Å²) in [4.78, 5) is 12.3. The normalized spacial score (nSPS) is 14.1. The summed E-state index contributed by atoms with van der Waals surface area (Å²) >= 11 is 9.03. The first kappa shape index (κ1) is 16.4. The molecule has 1 aromatic carbocycles. The Balaban J connectivity index is 2.90. The maximum absolute atomic E-state index is 12.3. The number of halogens is 3. The Morgan fingerprint density at radius 2 is 2.17 bits per heavy atom. The third-order valence-corrected chi connectivity index (χ3v) is 4.85. The van der Waals surface area contributed by atoms with Crippen LogP contribution < -0.4 is 5.32 Å². The Morgan fingerprint density at radius 1 is 1.50 bits per heavy atom. The van der Waals surface area contributed by atoms with Crippen molar-refractivity contribution in [1.82, 2.24) is 5.32 Å². The number of carbonyl (C=O) groups is 1. The highest BCUT2D eigenvalue weighted by atomic mass is 127. The van der Waals surface area contributed by atoms with E-state index in [9.17, 15) is 4.79 Å². The van der Waals surface area contributed by atoms with Gasteiger partial charge < -0.3 is 5.32 Å². The van der Waals surface area contributed by atoms with E-state index in [0.29, 0.717) is 0 Å². The lowest BCUT2D eigenvalue weighted by atomic mass is 9.95. The molecule has 1 amide bonds. The highest BCUT2D eigenvalue weighted by Crippen LogP contribution is 2.21. The van der Waals surface area contributed by atoms with Crippen LogP contribution in [0.1, 0.15) is 37.0 Å². The van der Waals surface area contributed by atoms with Crippen molar-refractivity contribution in [3.8, 4) is 0 Å². The van der Waals surface area contributed by atoms with E-state index in [-0.39, 0.29) is 11.4 Å². The van der Waals surface area contributed by atoms with Crippen molar-refractivity contribution < 1.29 is 4.79 Å². The summed E-state index contributed by atoms with van der Waals surface area (Å²) in [5.74, 6) is -0.00833. The van der Waals surface area contributed by atoms with E-state index < -0.39 is 0 Å². The summed E-state index contributed by atoms with van der Waals surface area (Å²) in [6.07, 6.45) is 1.83. The van der Waals surface area contributed by atoms with Crippen LogP contribution in [-0.4, -0.2) is 16.8 Å². The largest absolute Gasteiger partial charge is 0.347 e. The third-order valence-electron chi connectivity index (χ3n) is 3.01. The van der Waals surface area contributed by atoms with Gasteiger partial charge in [0.25, 0.3) is 5.91 Å². The molecular formula is C13H16Br2INO. The Bertz CT molecular complexity index is 439. The zero-order valence-corrected chi connectivity index (χ0v) is 15.7. The van der Waals surface area contributed by atoms with Crippen LogP contribution in [0, 0.1) is 3.57 Å². The smallest absolute Gasteiger partial charge is 0.252 e. The number of carbonyl (C=O) groups excluding carboxylic acids is 1. The second kappa shape index (κ2) is 7.24. The molecule has 0 radical (unpaired) electrons. The number of nitrogens with one attached hydrogen (secondary N) is 1. The number of benzene rings is 1. The molecule has 0 aliphatic carbocycles. The number of rotatable bonds is 5. The van der Waals surface area contributed by atoms with Gasteiger partial charge in [-0.3, -0.25) is 4.79 Å². The number of hydrogen-bond donors (Lipinski definition) is 1. The Morgan fingerprint density at radius 3 is 2.72 bits per heavy atom. The highest BCUT2D eigenvalue weighted by Gasteiger charge is 2.24. The minimum absolute atomic E-state index is 0.00833. The second-order valence-electron chi connectivity index (χ2n) is 4.43. The fourth-order valence-electron chi connectivity index (χ4n) is 1.55. The summed E-state index contributed by atoms with van der Waals surface area (Å²) in [5, 5.41) is 4.02. The lowest BCUT2D eigenvalue weighted by molar-refractivity contribution is 0.0901. The SMILES string of the molecule is CCC(C)(CCBr)NC(=O)c1cc(Br)ccc1I. The van der Waals surface area contributed by atoms with Gasteiger partial charge in [-0.1, -0.05) is 38.8 Å². The predicted molar refractivity (Wildman–Crippen MR) is 91.4 cm³/mol. The average Bonchev–Trinajstić information content (AvgIpc) is 2.32. The van der Waals surface area contributed by atoms with E-state index in [4.69, 9.17) is 0 Å². The van der Waals surface area contributed by atoms with Crippen molar-refractivity contribution >= 4 is 60.4 Å². The molecule has 1 atom stereocenters. The lowest BCUT2D eigenvalue weighted by Crippen LogP contribution is -2.46. The first-order valence-corrected chi connectivity index (χ1v) is 8.74. The Kier molecular flexibility index (Phi) is 6.61. The van der Waals surface area contributed by atoms with E-state index in [1.54, 1.807) is 0 Å². The molecule has 1 aromatic rings. The van der Waals surface area contributed by atoms with E-state index in [0.717, 1.165) is 31.8 Å². The standard InChI is InChI=1S/C13H16Br2INO/c1-3-13(2,6-7-14)17-12(18)10-8-9(15)4-5-11(10)16/h4-5,8H,3,6-7H2,1-2H3,(H,17,18). The maximum atomic E-state index is 12.3. The molecule has 1 unspecified atom stereocenters. The average molecular weight is 489 g/mol. The summed E-state index contributed by atoms with van der Waals surface area (Å²) in [5.41, 5.74) is 0.561. The van der Waals surface area contributed by atoms with Gasteiger partial charge in [0.2, 0.25) is 0 Å². The van der Waals surface area contributed by atoms with Gasteiger partial charge in [-0.15, -0.1) is 0 Å². The van der Waals surface area contributed by atoms with Gasteiger partial charge in [0.05, 0.1) is 5.56 Å². The molecule has 100 valence electrons. The molecule has 0 fully saturated rings. The Hall–Kier alpha value is 0.380. The Labute approximate surface area is 139 Å². The zero-order chi connectivity index (χ0) is 13.8. The summed E-state index contributed by atoms with van der Waals surface area (Å²) < 4.78 is 1.89. The molecule has 0 aliphatic heterocycles. The topological polar surface area (TPSA) is 29.1 Å². The molecule has 0 heterocycles. The van der Waals surface area contributed by atoms with E-state index in [2.05, 4.69) is 73.6 Å². The summed E-state index contributed by atoms with van der Waals surface area (Å²) in [6, 6.07) is 5.74. The second-order valence-corrected chi connectivity index (χ2v) is 7.30. The van der Waals surface area contributed by atoms with Gasteiger partial charge in [0.1, 0.15) is 0 Å². The molecule has 0 saturated heterocycles. The van der Waals surface area contributed by atoms with Crippen LogP contribution in [0.15, 0.2) is 22.7 Å². The third kappa shape index (κ3) is 4.49. The maximum Gasteiger partial charge on any atom is 0.252 e. The molecular weight excluding hydrogens is 473 g/mol. The summed E-state index contributed by atoms with van der Waals surface area (Å²) in [6.45, 7) is 4.17. The van der Waals surface area contributed by atoms with Crippen LogP contribution in [0.5, 0.6) is 0 Å². The van der Waals surface area contributed by atoms with Crippen LogP contribution in [-0.2, 0) is 0 Å². The van der Waals surface area contributed by atoms with Gasteiger partial charge in [-0.2, -0.15) is 0 Å². The van der Waals surface area contributed by atoms with Gasteiger partial charge in [0, 0.05) is 18.9 Å². The van der Waals surface area contributed by atoms with Crippen molar-refractivity contribution in [3.05, 3.63) is 31.8 Å². The van der Waals surface area contributed by atoms with Crippen molar-refractivity contribution in [2.75, 3.05) is 5.33 Å². The fourth-order valence-corrected chi connectivity index (χ4v) is 3.37. The van der Waals surface area contributed by atoms with Crippen LogP contribution in [0.3, 0.4) is 0 Å². The molecule has 18 heavy (non-hydrogen) atoms. The quantitative estimate of drug-likeness (QED) is 0.471. The van der Waals surface area contributed by atoms with Gasteiger partial charge in [-0.05, 0) is 60.6 Å². The molecule has 0 bridgehead atoms. The van der Waals surface area contributed by atoms with Gasteiger partial charge >= 0.3 is 0 Å². The summed E-state index contributed by atoms with van der Waals surface area (Å²) in [7, 11) is 0. The first-order chi connectivity index (χ1) is 8.41.